The molecule has 1 N–H and O–H groups in total. The molecule has 6 heteroatoms. The first kappa shape index (κ1) is 19.4. The third kappa shape index (κ3) is 3.95. The van der Waals surface area contributed by atoms with E-state index in [1.807, 2.05) is 18.2 Å². The summed E-state index contributed by atoms with van der Waals surface area (Å²) in [5, 5.41) is 0. The van der Waals surface area contributed by atoms with Gasteiger partial charge in [-0.1, -0.05) is 30.3 Å². The van der Waals surface area contributed by atoms with Gasteiger partial charge in [0.2, 0.25) is 10.0 Å². The zero-order valence-corrected chi connectivity index (χ0v) is 17.1. The van der Waals surface area contributed by atoms with Crippen LogP contribution < -0.4 is 9.46 Å². The Hall–Kier alpha value is -1.89. The molecule has 0 unspecified atom stereocenters. The number of sulfonamides is 1. The summed E-state index contributed by atoms with van der Waals surface area (Å²) in [5.74, 6) is 0.879. The van der Waals surface area contributed by atoms with Crippen LogP contribution in [0.5, 0.6) is 5.75 Å². The Morgan fingerprint density at radius 3 is 2.29 bits per heavy atom. The van der Waals surface area contributed by atoms with Crippen molar-refractivity contribution in [2.45, 2.75) is 43.2 Å². The number of ether oxygens (including phenoxy) is 1. The molecule has 1 spiro atoms. The molecule has 1 aliphatic heterocycles. The molecular formula is C22H28N2O3S. The fourth-order valence-corrected chi connectivity index (χ4v) is 5.87. The molecule has 0 bridgehead atoms. The highest BCUT2D eigenvalue weighted by atomic mass is 32.2. The standard InChI is InChI=1S/C22H28N2O3S/c1-27-19-9-7-18(8-10-19)17-24-15-13-22(14-16-24)12-11-21(22)23-28(25,26)20-5-3-2-4-6-20/h2-10,21,23H,11-17H2,1H3/t21-/m1/s1. The number of benzene rings is 2. The maximum absolute atomic E-state index is 12.7. The molecule has 4 rings (SSSR count). The Balaban J connectivity index is 1.34. The monoisotopic (exact) mass is 400 g/mol. The fraction of sp³-hybridized carbons (Fsp3) is 0.455. The Labute approximate surface area is 167 Å². The first-order valence-electron chi connectivity index (χ1n) is 9.93. The molecule has 2 fully saturated rings. The molecule has 0 amide bonds. The van der Waals surface area contributed by atoms with E-state index in [4.69, 9.17) is 4.74 Å². The first-order chi connectivity index (χ1) is 13.5. The van der Waals surface area contributed by atoms with Gasteiger partial charge in [0.15, 0.2) is 0 Å². The van der Waals surface area contributed by atoms with E-state index < -0.39 is 10.0 Å². The number of nitrogens with one attached hydrogen (secondary N) is 1. The van der Waals surface area contributed by atoms with E-state index in [9.17, 15) is 8.42 Å². The van der Waals surface area contributed by atoms with Crippen LogP contribution in [0.25, 0.3) is 0 Å². The number of piperidine rings is 1. The second-order valence-electron chi connectivity index (χ2n) is 8.01. The summed E-state index contributed by atoms with van der Waals surface area (Å²) in [6.07, 6.45) is 4.14. The van der Waals surface area contributed by atoms with Crippen LogP contribution in [0.4, 0.5) is 0 Å². The van der Waals surface area contributed by atoms with Gasteiger partial charge in [-0.3, -0.25) is 4.90 Å². The zero-order valence-electron chi connectivity index (χ0n) is 16.3. The van der Waals surface area contributed by atoms with Crippen molar-refractivity contribution in [1.82, 2.24) is 9.62 Å². The number of likely N-dealkylation sites (tertiary alicyclic amines) is 1. The lowest BCUT2D eigenvalue weighted by Gasteiger charge is -2.54. The topological polar surface area (TPSA) is 58.6 Å². The number of methoxy groups -OCH3 is 1. The van der Waals surface area contributed by atoms with Gasteiger partial charge in [-0.2, -0.15) is 0 Å². The van der Waals surface area contributed by atoms with Gasteiger partial charge in [0.25, 0.3) is 0 Å². The summed E-state index contributed by atoms with van der Waals surface area (Å²) < 4.78 is 33.6. The lowest BCUT2D eigenvalue weighted by Crippen LogP contribution is -2.58. The summed E-state index contributed by atoms with van der Waals surface area (Å²) in [4.78, 5) is 2.82. The fourth-order valence-electron chi connectivity index (χ4n) is 4.48. The highest BCUT2D eigenvalue weighted by Crippen LogP contribution is 2.49. The Kier molecular flexibility index (Phi) is 5.45. The molecular weight excluding hydrogens is 372 g/mol. The predicted molar refractivity (Wildman–Crippen MR) is 110 cm³/mol. The Bertz CT molecular complexity index is 889. The molecule has 1 atom stereocenters. The first-order valence-corrected chi connectivity index (χ1v) is 11.4. The zero-order chi connectivity index (χ0) is 19.6. The maximum Gasteiger partial charge on any atom is 0.240 e. The van der Waals surface area contributed by atoms with E-state index in [0.717, 1.165) is 51.1 Å². The van der Waals surface area contributed by atoms with E-state index in [-0.39, 0.29) is 11.5 Å². The van der Waals surface area contributed by atoms with Gasteiger partial charge >= 0.3 is 0 Å². The third-order valence-corrected chi connectivity index (χ3v) is 7.93. The number of rotatable bonds is 6. The molecule has 150 valence electrons. The highest BCUT2D eigenvalue weighted by molar-refractivity contribution is 7.89. The van der Waals surface area contributed by atoms with E-state index in [1.165, 1.54) is 5.56 Å². The smallest absolute Gasteiger partial charge is 0.240 e. The van der Waals surface area contributed by atoms with Crippen LogP contribution >= 0.6 is 0 Å². The van der Waals surface area contributed by atoms with Crippen molar-refractivity contribution < 1.29 is 13.2 Å². The van der Waals surface area contributed by atoms with E-state index in [2.05, 4.69) is 21.8 Å². The minimum atomic E-state index is -3.44. The minimum Gasteiger partial charge on any atom is -0.497 e. The normalized spacial score (nSPS) is 22.0. The highest BCUT2D eigenvalue weighted by Gasteiger charge is 2.49. The van der Waals surface area contributed by atoms with Crippen LogP contribution in [0, 0.1) is 5.41 Å². The maximum atomic E-state index is 12.7. The molecule has 1 heterocycles. The average molecular weight is 401 g/mol. The number of hydrogen-bond donors (Lipinski definition) is 1. The lowest BCUT2D eigenvalue weighted by molar-refractivity contribution is 0.000701. The predicted octanol–water partition coefficient (Wildman–Crippen LogP) is 3.42. The quantitative estimate of drug-likeness (QED) is 0.807. The van der Waals surface area contributed by atoms with Crippen molar-refractivity contribution in [1.29, 1.82) is 0 Å². The van der Waals surface area contributed by atoms with Crippen molar-refractivity contribution in [2.75, 3.05) is 20.2 Å². The van der Waals surface area contributed by atoms with Crippen molar-refractivity contribution in [3.8, 4) is 5.75 Å². The molecule has 2 aliphatic rings. The molecule has 28 heavy (non-hydrogen) atoms. The Morgan fingerprint density at radius 1 is 1.04 bits per heavy atom. The van der Waals surface area contributed by atoms with Crippen LogP contribution in [-0.4, -0.2) is 39.6 Å². The summed E-state index contributed by atoms with van der Waals surface area (Å²) in [6, 6.07) is 17.0. The van der Waals surface area contributed by atoms with Gasteiger partial charge in [0.1, 0.15) is 5.75 Å². The Morgan fingerprint density at radius 2 is 1.71 bits per heavy atom. The van der Waals surface area contributed by atoms with Crippen molar-refractivity contribution in [3.63, 3.8) is 0 Å². The summed E-state index contributed by atoms with van der Waals surface area (Å²) >= 11 is 0. The van der Waals surface area contributed by atoms with Crippen LogP contribution in [0.2, 0.25) is 0 Å². The van der Waals surface area contributed by atoms with Gasteiger partial charge < -0.3 is 4.74 Å². The lowest BCUT2D eigenvalue weighted by atomic mass is 9.59. The van der Waals surface area contributed by atoms with Gasteiger partial charge in [-0.15, -0.1) is 0 Å². The van der Waals surface area contributed by atoms with Crippen LogP contribution in [0.3, 0.4) is 0 Å². The molecule has 1 aliphatic carbocycles. The summed E-state index contributed by atoms with van der Waals surface area (Å²) in [6.45, 7) is 2.95. The molecule has 2 aromatic rings. The number of hydrogen-bond acceptors (Lipinski definition) is 4. The van der Waals surface area contributed by atoms with E-state index >= 15 is 0 Å². The van der Waals surface area contributed by atoms with Gasteiger partial charge in [-0.05, 0) is 74.0 Å². The van der Waals surface area contributed by atoms with Crippen molar-refractivity contribution in [2.24, 2.45) is 5.41 Å². The van der Waals surface area contributed by atoms with Crippen LogP contribution in [0.15, 0.2) is 59.5 Å². The minimum absolute atomic E-state index is 0.0563. The molecule has 1 saturated heterocycles. The molecule has 2 aromatic carbocycles. The van der Waals surface area contributed by atoms with E-state index in [0.29, 0.717) is 4.90 Å². The van der Waals surface area contributed by atoms with Crippen molar-refractivity contribution in [3.05, 3.63) is 60.2 Å². The number of nitrogens with zero attached hydrogens (tertiary/aromatic N) is 1. The van der Waals surface area contributed by atoms with Crippen molar-refractivity contribution >= 4 is 10.0 Å². The second-order valence-corrected chi connectivity index (χ2v) is 9.73. The molecule has 0 aromatic heterocycles. The van der Waals surface area contributed by atoms with Crippen LogP contribution in [-0.2, 0) is 16.6 Å². The van der Waals surface area contributed by atoms with Gasteiger partial charge in [0.05, 0.1) is 12.0 Å². The third-order valence-electron chi connectivity index (χ3n) is 6.44. The van der Waals surface area contributed by atoms with Gasteiger partial charge in [0, 0.05) is 12.6 Å². The summed E-state index contributed by atoms with van der Waals surface area (Å²) in [7, 11) is -1.76. The summed E-state index contributed by atoms with van der Waals surface area (Å²) in [5.41, 5.74) is 1.41. The largest absolute Gasteiger partial charge is 0.497 e. The van der Waals surface area contributed by atoms with Gasteiger partial charge in [-0.25, -0.2) is 13.1 Å². The SMILES string of the molecule is COc1ccc(CN2CCC3(CC[C@H]3NS(=O)(=O)c3ccccc3)CC2)cc1. The molecule has 1 saturated carbocycles. The molecule has 0 radical (unpaired) electrons. The average Bonchev–Trinajstić information content (AvgIpc) is 2.73. The van der Waals surface area contributed by atoms with E-state index in [1.54, 1.807) is 31.4 Å². The second kappa shape index (κ2) is 7.85. The molecule has 5 nitrogen and oxygen atoms in total. The van der Waals surface area contributed by atoms with Crippen LogP contribution in [0.1, 0.15) is 31.2 Å².